The highest BCUT2D eigenvalue weighted by molar-refractivity contribution is 5.66. The molecule has 2 atom stereocenters. The van der Waals surface area contributed by atoms with Gasteiger partial charge in [-0.3, -0.25) is 0 Å². The third-order valence-corrected chi connectivity index (χ3v) is 3.16. The molecule has 1 saturated heterocycles. The van der Waals surface area contributed by atoms with Gasteiger partial charge < -0.3 is 15.1 Å². The third-order valence-electron chi connectivity index (χ3n) is 3.16. The SMILES string of the molecule is CC(C)(C)C1C(CCO)CCN1C(=O)O. The standard InChI is InChI=1S/C11H21NO3/c1-11(2,3)9-8(5-7-13)4-6-12(9)10(14)15/h8-9,13H,4-7H2,1-3H3,(H,14,15). The second-order valence-corrected chi connectivity index (χ2v) is 5.35. The Morgan fingerprint density at radius 3 is 2.47 bits per heavy atom. The number of carbonyl (C=O) groups is 1. The number of carboxylic acid groups (broad SMARTS) is 1. The van der Waals surface area contributed by atoms with E-state index in [1.54, 1.807) is 0 Å². The van der Waals surface area contributed by atoms with Crippen LogP contribution in [0.3, 0.4) is 0 Å². The van der Waals surface area contributed by atoms with Gasteiger partial charge in [-0.15, -0.1) is 0 Å². The number of likely N-dealkylation sites (tertiary alicyclic amines) is 1. The van der Waals surface area contributed by atoms with Gasteiger partial charge in [0, 0.05) is 19.2 Å². The van der Waals surface area contributed by atoms with E-state index in [9.17, 15) is 4.79 Å². The topological polar surface area (TPSA) is 60.8 Å². The molecule has 0 aromatic carbocycles. The molecule has 2 unspecified atom stereocenters. The van der Waals surface area contributed by atoms with E-state index < -0.39 is 6.09 Å². The predicted molar refractivity (Wildman–Crippen MR) is 57.8 cm³/mol. The molecule has 0 spiro atoms. The highest BCUT2D eigenvalue weighted by Gasteiger charge is 2.43. The molecule has 0 aromatic heterocycles. The minimum atomic E-state index is -0.838. The van der Waals surface area contributed by atoms with Crippen molar-refractivity contribution in [2.75, 3.05) is 13.2 Å². The third kappa shape index (κ3) is 2.62. The Morgan fingerprint density at radius 1 is 1.47 bits per heavy atom. The largest absolute Gasteiger partial charge is 0.465 e. The summed E-state index contributed by atoms with van der Waals surface area (Å²) < 4.78 is 0. The molecule has 0 aromatic rings. The molecule has 0 radical (unpaired) electrons. The first-order valence-corrected chi connectivity index (χ1v) is 5.48. The van der Waals surface area contributed by atoms with Crippen molar-refractivity contribution in [1.29, 1.82) is 0 Å². The number of hydrogen-bond acceptors (Lipinski definition) is 2. The number of amides is 1. The molecule has 1 heterocycles. The molecule has 0 bridgehead atoms. The maximum atomic E-state index is 11.1. The lowest BCUT2D eigenvalue weighted by Crippen LogP contribution is -2.45. The van der Waals surface area contributed by atoms with E-state index in [0.717, 1.165) is 6.42 Å². The molecule has 4 heteroatoms. The van der Waals surface area contributed by atoms with Crippen molar-refractivity contribution >= 4 is 6.09 Å². The van der Waals surface area contributed by atoms with Gasteiger partial charge in [-0.1, -0.05) is 20.8 Å². The first-order valence-electron chi connectivity index (χ1n) is 5.48. The van der Waals surface area contributed by atoms with Crippen LogP contribution in [0.15, 0.2) is 0 Å². The van der Waals surface area contributed by atoms with Crippen LogP contribution in [0.2, 0.25) is 0 Å². The molecule has 15 heavy (non-hydrogen) atoms. The van der Waals surface area contributed by atoms with Crippen molar-refractivity contribution in [3.8, 4) is 0 Å². The van der Waals surface area contributed by atoms with Crippen LogP contribution in [-0.4, -0.2) is 40.4 Å². The Kier molecular flexibility index (Phi) is 3.60. The average Bonchev–Trinajstić information content (AvgIpc) is 2.47. The van der Waals surface area contributed by atoms with Crippen LogP contribution in [-0.2, 0) is 0 Å². The van der Waals surface area contributed by atoms with E-state index in [-0.39, 0.29) is 18.1 Å². The van der Waals surface area contributed by atoms with E-state index in [2.05, 4.69) is 20.8 Å². The summed E-state index contributed by atoms with van der Waals surface area (Å²) in [6.45, 7) is 6.92. The van der Waals surface area contributed by atoms with Gasteiger partial charge in [0.15, 0.2) is 0 Å². The number of hydrogen-bond donors (Lipinski definition) is 2. The highest BCUT2D eigenvalue weighted by Crippen LogP contribution is 2.38. The summed E-state index contributed by atoms with van der Waals surface area (Å²) in [5, 5.41) is 18.1. The van der Waals surface area contributed by atoms with E-state index in [0.29, 0.717) is 18.9 Å². The smallest absolute Gasteiger partial charge is 0.407 e. The van der Waals surface area contributed by atoms with Crippen LogP contribution in [0.25, 0.3) is 0 Å². The van der Waals surface area contributed by atoms with Crippen LogP contribution in [0.1, 0.15) is 33.6 Å². The molecule has 88 valence electrons. The fourth-order valence-electron chi connectivity index (χ4n) is 2.71. The van der Waals surface area contributed by atoms with E-state index >= 15 is 0 Å². The first kappa shape index (κ1) is 12.3. The lowest BCUT2D eigenvalue weighted by Gasteiger charge is -2.37. The Morgan fingerprint density at radius 2 is 2.07 bits per heavy atom. The second-order valence-electron chi connectivity index (χ2n) is 5.35. The van der Waals surface area contributed by atoms with Crippen molar-refractivity contribution in [2.45, 2.75) is 39.7 Å². The van der Waals surface area contributed by atoms with Crippen LogP contribution >= 0.6 is 0 Å². The van der Waals surface area contributed by atoms with Crippen LogP contribution in [0.5, 0.6) is 0 Å². The molecule has 1 rings (SSSR count). The zero-order chi connectivity index (χ0) is 11.6. The van der Waals surface area contributed by atoms with Gasteiger partial charge >= 0.3 is 6.09 Å². The summed E-state index contributed by atoms with van der Waals surface area (Å²) in [4.78, 5) is 12.6. The maximum absolute atomic E-state index is 11.1. The van der Waals surface area contributed by atoms with Crippen LogP contribution < -0.4 is 0 Å². The van der Waals surface area contributed by atoms with Gasteiger partial charge in [0.25, 0.3) is 0 Å². The van der Waals surface area contributed by atoms with Crippen molar-refractivity contribution < 1.29 is 15.0 Å². The molecular formula is C11H21NO3. The lowest BCUT2D eigenvalue weighted by atomic mass is 9.78. The van der Waals surface area contributed by atoms with E-state index in [1.165, 1.54) is 4.90 Å². The molecule has 0 aliphatic carbocycles. The zero-order valence-corrected chi connectivity index (χ0v) is 9.73. The van der Waals surface area contributed by atoms with Crippen molar-refractivity contribution in [2.24, 2.45) is 11.3 Å². The summed E-state index contributed by atoms with van der Waals surface area (Å²) in [7, 11) is 0. The Labute approximate surface area is 90.9 Å². The first-order chi connectivity index (χ1) is 6.88. The van der Waals surface area contributed by atoms with Crippen molar-refractivity contribution in [3.05, 3.63) is 0 Å². The summed E-state index contributed by atoms with van der Waals surface area (Å²) in [5.74, 6) is 0.297. The molecule has 0 saturated carbocycles. The number of rotatable bonds is 2. The van der Waals surface area contributed by atoms with E-state index in [1.807, 2.05) is 0 Å². The zero-order valence-electron chi connectivity index (χ0n) is 9.73. The number of aliphatic hydroxyl groups excluding tert-OH is 1. The van der Waals surface area contributed by atoms with Gasteiger partial charge in [0.2, 0.25) is 0 Å². The van der Waals surface area contributed by atoms with Gasteiger partial charge in [-0.05, 0) is 24.2 Å². The van der Waals surface area contributed by atoms with Gasteiger partial charge in [-0.25, -0.2) is 4.79 Å². The summed E-state index contributed by atoms with van der Waals surface area (Å²) >= 11 is 0. The molecule has 1 fully saturated rings. The van der Waals surface area contributed by atoms with E-state index in [4.69, 9.17) is 10.2 Å². The van der Waals surface area contributed by atoms with Gasteiger partial charge in [0.1, 0.15) is 0 Å². The fourth-order valence-corrected chi connectivity index (χ4v) is 2.71. The normalized spacial score (nSPS) is 27.1. The second kappa shape index (κ2) is 4.39. The molecule has 4 nitrogen and oxygen atoms in total. The molecule has 1 aliphatic heterocycles. The van der Waals surface area contributed by atoms with Crippen molar-refractivity contribution in [3.63, 3.8) is 0 Å². The number of aliphatic hydroxyl groups is 1. The fraction of sp³-hybridized carbons (Fsp3) is 0.909. The van der Waals surface area contributed by atoms with Gasteiger partial charge in [-0.2, -0.15) is 0 Å². The average molecular weight is 215 g/mol. The summed E-state index contributed by atoms with van der Waals surface area (Å²) in [6.07, 6.45) is 0.732. The summed E-state index contributed by atoms with van der Waals surface area (Å²) in [6, 6.07) is 0.0298. The predicted octanol–water partition coefficient (Wildman–Crippen LogP) is 1.78. The molecular weight excluding hydrogens is 194 g/mol. The van der Waals surface area contributed by atoms with Crippen LogP contribution in [0.4, 0.5) is 4.79 Å². The monoisotopic (exact) mass is 215 g/mol. The van der Waals surface area contributed by atoms with Crippen molar-refractivity contribution in [1.82, 2.24) is 4.90 Å². The summed E-state index contributed by atoms with van der Waals surface area (Å²) in [5.41, 5.74) is -0.0608. The molecule has 1 amide bonds. The van der Waals surface area contributed by atoms with Gasteiger partial charge in [0.05, 0.1) is 0 Å². The minimum absolute atomic E-state index is 0.0298. The highest BCUT2D eigenvalue weighted by atomic mass is 16.4. The number of nitrogens with zero attached hydrogens (tertiary/aromatic N) is 1. The minimum Gasteiger partial charge on any atom is -0.465 e. The quantitative estimate of drug-likeness (QED) is 0.738. The Bertz CT molecular complexity index is 234. The Hall–Kier alpha value is -0.770. The maximum Gasteiger partial charge on any atom is 0.407 e. The Balaban J connectivity index is 2.83. The molecule has 1 aliphatic rings. The van der Waals surface area contributed by atoms with Crippen LogP contribution in [0, 0.1) is 11.3 Å². The molecule has 2 N–H and O–H groups in total. The lowest BCUT2D eigenvalue weighted by molar-refractivity contribution is 0.0848.